The lowest BCUT2D eigenvalue weighted by molar-refractivity contribution is 0.0912. The Morgan fingerprint density at radius 2 is 1.67 bits per heavy atom. The van der Waals surface area contributed by atoms with Crippen molar-refractivity contribution in [2.45, 2.75) is 13.0 Å². The minimum atomic E-state index is -0.0940. The van der Waals surface area contributed by atoms with Crippen LogP contribution < -0.4 is 9.47 Å². The molecular formula is C21H17BrO2. The molecule has 0 radical (unpaired) electrons. The van der Waals surface area contributed by atoms with Crippen LogP contribution in [-0.2, 0) is 0 Å². The van der Waals surface area contributed by atoms with Crippen LogP contribution in [0.15, 0.2) is 71.2 Å². The van der Waals surface area contributed by atoms with Gasteiger partial charge in [-0.25, -0.2) is 0 Å². The first-order valence-electron chi connectivity index (χ1n) is 7.95. The number of rotatable bonds is 2. The molecule has 0 amide bonds. The zero-order valence-electron chi connectivity index (χ0n) is 13.3. The summed E-state index contributed by atoms with van der Waals surface area (Å²) in [6, 6.07) is 22.9. The number of benzene rings is 3. The minimum absolute atomic E-state index is 0.0940. The Bertz CT molecular complexity index is 889. The normalized spacial score (nSPS) is 16.0. The molecule has 1 aliphatic heterocycles. The molecule has 0 fully saturated rings. The van der Waals surface area contributed by atoms with Gasteiger partial charge in [0.25, 0.3) is 0 Å². The van der Waals surface area contributed by atoms with E-state index in [1.54, 1.807) is 0 Å². The number of halogens is 1. The van der Waals surface area contributed by atoms with Crippen LogP contribution in [0.4, 0.5) is 0 Å². The van der Waals surface area contributed by atoms with Gasteiger partial charge in [0, 0.05) is 4.47 Å². The van der Waals surface area contributed by atoms with Crippen LogP contribution in [0.3, 0.4) is 0 Å². The number of hydrogen-bond donors (Lipinski definition) is 0. The zero-order valence-corrected chi connectivity index (χ0v) is 14.9. The molecule has 1 unspecified atom stereocenters. The largest absolute Gasteiger partial charge is 0.485 e. The first kappa shape index (κ1) is 15.3. The van der Waals surface area contributed by atoms with Crippen LogP contribution >= 0.6 is 15.9 Å². The number of hydrogen-bond acceptors (Lipinski definition) is 2. The first-order valence-corrected chi connectivity index (χ1v) is 8.74. The average Bonchev–Trinajstić information content (AvgIpc) is 2.61. The molecule has 0 bridgehead atoms. The van der Waals surface area contributed by atoms with Gasteiger partial charge in [-0.2, -0.15) is 0 Å². The number of fused-ring (bicyclic) bond motifs is 1. The number of ether oxygens (including phenoxy) is 2. The second-order valence-corrected chi connectivity index (χ2v) is 6.92. The maximum atomic E-state index is 6.14. The molecule has 0 saturated carbocycles. The van der Waals surface area contributed by atoms with Gasteiger partial charge in [0.1, 0.15) is 6.61 Å². The molecule has 0 N–H and O–H groups in total. The molecule has 1 atom stereocenters. The quantitative estimate of drug-likeness (QED) is 0.547. The molecule has 0 aromatic heterocycles. The molecule has 0 saturated heterocycles. The monoisotopic (exact) mass is 380 g/mol. The van der Waals surface area contributed by atoms with E-state index < -0.39 is 0 Å². The summed E-state index contributed by atoms with van der Waals surface area (Å²) < 4.78 is 13.0. The molecule has 120 valence electrons. The highest BCUT2D eigenvalue weighted by Crippen LogP contribution is 2.38. The van der Waals surface area contributed by atoms with Crippen molar-refractivity contribution in [3.63, 3.8) is 0 Å². The second kappa shape index (κ2) is 6.33. The van der Waals surface area contributed by atoms with Crippen molar-refractivity contribution >= 4 is 15.9 Å². The van der Waals surface area contributed by atoms with Crippen molar-refractivity contribution in [2.75, 3.05) is 6.61 Å². The first-order chi connectivity index (χ1) is 11.7. The van der Waals surface area contributed by atoms with E-state index in [1.807, 2.05) is 18.2 Å². The lowest BCUT2D eigenvalue weighted by atomic mass is 9.99. The van der Waals surface area contributed by atoms with Crippen LogP contribution in [0.1, 0.15) is 17.2 Å². The van der Waals surface area contributed by atoms with E-state index in [0.717, 1.165) is 21.5 Å². The van der Waals surface area contributed by atoms with Crippen molar-refractivity contribution < 1.29 is 9.47 Å². The van der Waals surface area contributed by atoms with E-state index in [9.17, 15) is 0 Å². The van der Waals surface area contributed by atoms with Gasteiger partial charge in [-0.3, -0.25) is 0 Å². The molecule has 1 heterocycles. The Morgan fingerprint density at radius 1 is 0.875 bits per heavy atom. The Morgan fingerprint density at radius 3 is 2.50 bits per heavy atom. The maximum absolute atomic E-state index is 6.14. The van der Waals surface area contributed by atoms with Gasteiger partial charge >= 0.3 is 0 Å². The summed E-state index contributed by atoms with van der Waals surface area (Å²) in [7, 11) is 0. The lowest BCUT2D eigenvalue weighted by Crippen LogP contribution is -2.21. The summed E-state index contributed by atoms with van der Waals surface area (Å²) in [5, 5.41) is 0. The van der Waals surface area contributed by atoms with Crippen molar-refractivity contribution in [3.05, 3.63) is 82.3 Å². The van der Waals surface area contributed by atoms with Crippen molar-refractivity contribution in [1.82, 2.24) is 0 Å². The van der Waals surface area contributed by atoms with Gasteiger partial charge < -0.3 is 9.47 Å². The van der Waals surface area contributed by atoms with Crippen LogP contribution in [0.2, 0.25) is 0 Å². The van der Waals surface area contributed by atoms with E-state index in [0.29, 0.717) is 6.61 Å². The molecule has 3 aromatic rings. The molecule has 4 rings (SSSR count). The Balaban J connectivity index is 1.64. The third-order valence-electron chi connectivity index (χ3n) is 4.18. The standard InChI is InChI=1S/C21H17BrO2/c1-14-4-2-5-15(10-14)16-6-3-7-17(11-16)21-13-23-20-12-18(22)8-9-19(20)24-21/h2-12,21H,13H2,1H3. The van der Waals surface area contributed by atoms with Gasteiger partial charge in [-0.1, -0.05) is 64.0 Å². The summed E-state index contributed by atoms with van der Waals surface area (Å²) in [5.41, 5.74) is 4.80. The van der Waals surface area contributed by atoms with Crippen LogP contribution in [0.5, 0.6) is 11.5 Å². The van der Waals surface area contributed by atoms with Crippen LogP contribution in [0.25, 0.3) is 11.1 Å². The highest BCUT2D eigenvalue weighted by Gasteiger charge is 2.23. The summed E-state index contributed by atoms with van der Waals surface area (Å²) in [4.78, 5) is 0. The number of aryl methyl sites for hydroxylation is 1. The summed E-state index contributed by atoms with van der Waals surface area (Å²) in [6.07, 6.45) is -0.0940. The lowest BCUT2D eigenvalue weighted by Gasteiger charge is -2.27. The third kappa shape index (κ3) is 3.04. The summed E-state index contributed by atoms with van der Waals surface area (Å²) in [6.45, 7) is 2.63. The highest BCUT2D eigenvalue weighted by molar-refractivity contribution is 9.10. The molecule has 2 nitrogen and oxygen atoms in total. The Kier molecular flexibility index (Phi) is 4.03. The fourth-order valence-corrected chi connectivity index (χ4v) is 3.29. The molecule has 24 heavy (non-hydrogen) atoms. The predicted molar refractivity (Wildman–Crippen MR) is 99.6 cm³/mol. The van der Waals surface area contributed by atoms with Crippen molar-refractivity contribution in [3.8, 4) is 22.6 Å². The fraction of sp³-hybridized carbons (Fsp3) is 0.143. The topological polar surface area (TPSA) is 18.5 Å². The van der Waals surface area contributed by atoms with Gasteiger partial charge in [0.05, 0.1) is 0 Å². The summed E-state index contributed by atoms with van der Waals surface area (Å²) in [5.74, 6) is 1.57. The minimum Gasteiger partial charge on any atom is -0.485 e. The van der Waals surface area contributed by atoms with Crippen LogP contribution in [-0.4, -0.2) is 6.61 Å². The highest BCUT2D eigenvalue weighted by atomic mass is 79.9. The van der Waals surface area contributed by atoms with E-state index in [2.05, 4.69) is 71.4 Å². The third-order valence-corrected chi connectivity index (χ3v) is 4.67. The van der Waals surface area contributed by atoms with Gasteiger partial charge in [0.2, 0.25) is 0 Å². The zero-order chi connectivity index (χ0) is 16.5. The maximum Gasteiger partial charge on any atom is 0.162 e. The van der Waals surface area contributed by atoms with E-state index in [1.165, 1.54) is 16.7 Å². The van der Waals surface area contributed by atoms with Gasteiger partial charge in [-0.05, 0) is 47.9 Å². The molecule has 3 aromatic carbocycles. The van der Waals surface area contributed by atoms with Gasteiger partial charge in [0.15, 0.2) is 17.6 Å². The fourth-order valence-electron chi connectivity index (χ4n) is 2.95. The van der Waals surface area contributed by atoms with Gasteiger partial charge in [-0.15, -0.1) is 0 Å². The Hall–Kier alpha value is -2.26. The summed E-state index contributed by atoms with van der Waals surface area (Å²) >= 11 is 3.46. The average molecular weight is 381 g/mol. The van der Waals surface area contributed by atoms with Crippen molar-refractivity contribution in [2.24, 2.45) is 0 Å². The predicted octanol–water partition coefficient (Wildman–Crippen LogP) is 5.94. The van der Waals surface area contributed by atoms with E-state index >= 15 is 0 Å². The second-order valence-electron chi connectivity index (χ2n) is 6.00. The Labute approximate surface area is 150 Å². The SMILES string of the molecule is Cc1cccc(-c2cccc(C3COc4cc(Br)ccc4O3)c2)c1. The molecule has 1 aliphatic rings. The van der Waals surface area contributed by atoms with E-state index in [4.69, 9.17) is 9.47 Å². The molecule has 3 heteroatoms. The van der Waals surface area contributed by atoms with Crippen LogP contribution in [0, 0.1) is 6.92 Å². The molecular weight excluding hydrogens is 364 g/mol. The van der Waals surface area contributed by atoms with E-state index in [-0.39, 0.29) is 6.10 Å². The van der Waals surface area contributed by atoms with Crippen molar-refractivity contribution in [1.29, 1.82) is 0 Å². The molecule has 0 aliphatic carbocycles. The molecule has 0 spiro atoms. The smallest absolute Gasteiger partial charge is 0.162 e.